The first-order chi connectivity index (χ1) is 14.2. The van der Waals surface area contributed by atoms with Crippen molar-refractivity contribution in [3.63, 3.8) is 0 Å². The van der Waals surface area contributed by atoms with Crippen LogP contribution in [-0.4, -0.2) is 20.2 Å². The van der Waals surface area contributed by atoms with Gasteiger partial charge in [0.15, 0.2) is 0 Å². The number of ether oxygens (including phenoxy) is 3. The first-order valence-corrected chi connectivity index (χ1v) is 9.22. The average Bonchev–Trinajstić information content (AvgIpc) is 3.10. The van der Waals surface area contributed by atoms with Gasteiger partial charge in [-0.2, -0.15) is 0 Å². The molecule has 4 nitrogen and oxygen atoms in total. The number of cyclic esters (lactones) is 1. The van der Waals surface area contributed by atoms with E-state index in [9.17, 15) is 4.79 Å². The molecule has 1 aliphatic heterocycles. The highest BCUT2D eigenvalue weighted by atomic mass is 16.5. The van der Waals surface area contributed by atoms with Crippen molar-refractivity contribution in [3.8, 4) is 11.5 Å². The molecule has 0 spiro atoms. The van der Waals surface area contributed by atoms with Gasteiger partial charge in [-0.15, -0.1) is 0 Å². The van der Waals surface area contributed by atoms with E-state index in [1.165, 1.54) is 0 Å². The second kappa shape index (κ2) is 8.07. The van der Waals surface area contributed by atoms with E-state index >= 15 is 0 Å². The Morgan fingerprint density at radius 3 is 2.10 bits per heavy atom. The molecule has 144 valence electrons. The second-order valence-corrected chi connectivity index (χ2v) is 6.52. The third-order valence-electron chi connectivity index (χ3n) is 4.74. The van der Waals surface area contributed by atoms with E-state index in [4.69, 9.17) is 14.2 Å². The molecule has 4 heteroatoms. The van der Waals surface area contributed by atoms with Gasteiger partial charge >= 0.3 is 5.97 Å². The van der Waals surface area contributed by atoms with Gasteiger partial charge < -0.3 is 14.2 Å². The van der Waals surface area contributed by atoms with Crippen LogP contribution >= 0.6 is 0 Å². The molecule has 0 aromatic heterocycles. The quantitative estimate of drug-likeness (QED) is 0.566. The number of carbonyl (C=O) groups excluding carboxylic acids is 1. The minimum absolute atomic E-state index is 0.365. The van der Waals surface area contributed by atoms with Gasteiger partial charge in [0.25, 0.3) is 0 Å². The fourth-order valence-electron chi connectivity index (χ4n) is 3.32. The van der Waals surface area contributed by atoms with Crippen LogP contribution in [0.2, 0.25) is 0 Å². The fraction of sp³-hybridized carbons (Fsp3) is 0.0800. The summed E-state index contributed by atoms with van der Waals surface area (Å²) in [5.74, 6) is 1.63. The lowest BCUT2D eigenvalue weighted by atomic mass is 9.94. The van der Waals surface area contributed by atoms with E-state index in [2.05, 4.69) is 0 Å². The number of allylic oxidation sites excluding steroid dienone is 1. The first-order valence-electron chi connectivity index (χ1n) is 9.22. The summed E-state index contributed by atoms with van der Waals surface area (Å²) in [6.07, 6.45) is 1.86. The molecule has 3 aromatic rings. The van der Waals surface area contributed by atoms with Gasteiger partial charge in [0.05, 0.1) is 19.8 Å². The molecule has 0 amide bonds. The minimum atomic E-state index is -0.365. The normalized spacial score (nSPS) is 14.8. The van der Waals surface area contributed by atoms with Crippen LogP contribution in [0.25, 0.3) is 17.2 Å². The van der Waals surface area contributed by atoms with Gasteiger partial charge in [-0.25, -0.2) is 4.79 Å². The van der Waals surface area contributed by atoms with Crippen molar-refractivity contribution in [2.75, 3.05) is 14.2 Å². The molecule has 0 saturated carbocycles. The van der Waals surface area contributed by atoms with Crippen LogP contribution in [0.5, 0.6) is 11.5 Å². The molecule has 1 heterocycles. The van der Waals surface area contributed by atoms with Crippen molar-refractivity contribution in [2.45, 2.75) is 0 Å². The molecule has 0 aliphatic carbocycles. The summed E-state index contributed by atoms with van der Waals surface area (Å²) in [6.45, 7) is 0. The maximum Gasteiger partial charge on any atom is 0.344 e. The van der Waals surface area contributed by atoms with E-state index in [-0.39, 0.29) is 5.97 Å². The molecule has 0 fully saturated rings. The van der Waals surface area contributed by atoms with Gasteiger partial charge in [0.2, 0.25) is 0 Å². The van der Waals surface area contributed by atoms with Crippen LogP contribution in [0.1, 0.15) is 16.7 Å². The summed E-state index contributed by atoms with van der Waals surface area (Å²) in [6, 6.07) is 24.8. The number of benzene rings is 3. The molecule has 4 rings (SSSR count). The van der Waals surface area contributed by atoms with E-state index in [0.717, 1.165) is 33.8 Å². The molecule has 3 aromatic carbocycles. The van der Waals surface area contributed by atoms with E-state index in [1.54, 1.807) is 14.2 Å². The monoisotopic (exact) mass is 384 g/mol. The molecular formula is C25H20O4. The van der Waals surface area contributed by atoms with Crippen molar-refractivity contribution in [2.24, 2.45) is 0 Å². The second-order valence-electron chi connectivity index (χ2n) is 6.52. The zero-order valence-corrected chi connectivity index (χ0v) is 16.2. The topological polar surface area (TPSA) is 44.8 Å². The van der Waals surface area contributed by atoms with Crippen molar-refractivity contribution in [3.05, 3.63) is 101 Å². The summed E-state index contributed by atoms with van der Waals surface area (Å²) in [5, 5.41) is 0. The number of hydrogen-bond acceptors (Lipinski definition) is 4. The smallest absolute Gasteiger partial charge is 0.344 e. The summed E-state index contributed by atoms with van der Waals surface area (Å²) in [7, 11) is 3.25. The van der Waals surface area contributed by atoms with Crippen molar-refractivity contribution >= 4 is 23.2 Å². The predicted octanol–water partition coefficient (Wildman–Crippen LogP) is 5.21. The number of methoxy groups -OCH3 is 2. The Balaban J connectivity index is 1.89. The van der Waals surface area contributed by atoms with E-state index in [0.29, 0.717) is 11.3 Å². The Morgan fingerprint density at radius 1 is 0.724 bits per heavy atom. The Morgan fingerprint density at radius 2 is 1.41 bits per heavy atom. The van der Waals surface area contributed by atoms with Gasteiger partial charge in [-0.05, 0) is 47.0 Å². The maximum absolute atomic E-state index is 12.8. The summed E-state index contributed by atoms with van der Waals surface area (Å²) in [5.41, 5.74) is 3.88. The lowest BCUT2D eigenvalue weighted by Crippen LogP contribution is -1.98. The van der Waals surface area contributed by atoms with Gasteiger partial charge in [-0.3, -0.25) is 0 Å². The summed E-state index contributed by atoms with van der Waals surface area (Å²) in [4.78, 5) is 12.8. The molecule has 0 atom stereocenters. The average molecular weight is 384 g/mol. The first kappa shape index (κ1) is 18.6. The zero-order chi connectivity index (χ0) is 20.2. The van der Waals surface area contributed by atoms with Gasteiger partial charge in [-0.1, -0.05) is 54.6 Å². The molecule has 0 N–H and O–H groups in total. The molecule has 0 unspecified atom stereocenters. The molecule has 1 aliphatic rings. The van der Waals surface area contributed by atoms with Crippen LogP contribution in [0, 0.1) is 0 Å². The third-order valence-corrected chi connectivity index (χ3v) is 4.74. The van der Waals surface area contributed by atoms with E-state index < -0.39 is 0 Å². The lowest BCUT2D eigenvalue weighted by Gasteiger charge is -2.08. The molecular weight excluding hydrogens is 364 g/mol. The fourth-order valence-corrected chi connectivity index (χ4v) is 3.32. The maximum atomic E-state index is 12.8. The van der Waals surface area contributed by atoms with Gasteiger partial charge in [0, 0.05) is 5.57 Å². The molecule has 29 heavy (non-hydrogen) atoms. The molecule has 0 saturated heterocycles. The Hall–Kier alpha value is -3.79. The van der Waals surface area contributed by atoms with Crippen LogP contribution in [0.15, 0.2) is 84.6 Å². The summed E-state index contributed by atoms with van der Waals surface area (Å²) < 4.78 is 16.3. The van der Waals surface area contributed by atoms with Crippen molar-refractivity contribution < 1.29 is 19.0 Å². The van der Waals surface area contributed by atoms with Crippen molar-refractivity contribution in [1.82, 2.24) is 0 Å². The third kappa shape index (κ3) is 3.78. The number of rotatable bonds is 5. The Labute approximate surface area is 169 Å². The van der Waals surface area contributed by atoms with Gasteiger partial charge in [0.1, 0.15) is 17.3 Å². The highest BCUT2D eigenvalue weighted by Gasteiger charge is 2.31. The Kier molecular flexibility index (Phi) is 5.16. The number of carbonyl (C=O) groups is 1. The molecule has 0 radical (unpaired) electrons. The lowest BCUT2D eigenvalue weighted by molar-refractivity contribution is -0.131. The SMILES string of the molecule is COc1ccc(C2=C(c3ccccc3)C(=O)O/C2=C\c2cccc(OC)c2)cc1. The minimum Gasteiger partial charge on any atom is -0.497 e. The largest absolute Gasteiger partial charge is 0.497 e. The van der Waals surface area contributed by atoms with Crippen molar-refractivity contribution in [1.29, 1.82) is 0 Å². The van der Waals surface area contributed by atoms with Crippen LogP contribution < -0.4 is 9.47 Å². The zero-order valence-electron chi connectivity index (χ0n) is 16.2. The highest BCUT2D eigenvalue weighted by Crippen LogP contribution is 2.41. The summed E-state index contributed by atoms with van der Waals surface area (Å²) >= 11 is 0. The number of esters is 1. The standard InChI is InChI=1S/C25H20O4/c1-27-20-13-11-19(12-14-20)23-22(16-17-7-6-10-21(15-17)28-2)29-25(26)24(23)18-8-4-3-5-9-18/h3-16H,1-2H3/b22-16-. The predicted molar refractivity (Wildman–Crippen MR) is 113 cm³/mol. The highest BCUT2D eigenvalue weighted by molar-refractivity contribution is 6.31. The Bertz CT molecular complexity index is 1090. The van der Waals surface area contributed by atoms with Crippen LogP contribution in [0.3, 0.4) is 0 Å². The number of hydrogen-bond donors (Lipinski definition) is 0. The van der Waals surface area contributed by atoms with E-state index in [1.807, 2.05) is 84.9 Å². The molecule has 0 bridgehead atoms. The van der Waals surface area contributed by atoms with Crippen LogP contribution in [-0.2, 0) is 9.53 Å². The van der Waals surface area contributed by atoms with Crippen LogP contribution in [0.4, 0.5) is 0 Å².